The van der Waals surface area contributed by atoms with Crippen LogP contribution < -0.4 is 0 Å². The number of aromatic nitrogens is 2. The van der Waals surface area contributed by atoms with Gasteiger partial charge >= 0.3 is 0 Å². The first kappa shape index (κ1) is 14.7. The molecule has 2 unspecified atom stereocenters. The lowest BCUT2D eigenvalue weighted by Crippen LogP contribution is -2.39. The van der Waals surface area contributed by atoms with E-state index in [1.165, 1.54) is 0 Å². The summed E-state index contributed by atoms with van der Waals surface area (Å²) in [6.45, 7) is 5.68. The third kappa shape index (κ3) is 3.32. The lowest BCUT2D eigenvalue weighted by atomic mass is 9.88. The fourth-order valence-electron chi connectivity index (χ4n) is 3.14. The summed E-state index contributed by atoms with van der Waals surface area (Å²) in [7, 11) is 0. The molecule has 0 radical (unpaired) electrons. The molecule has 0 spiro atoms. The number of nitrogens with zero attached hydrogens (tertiary/aromatic N) is 3. The van der Waals surface area contributed by atoms with Crippen molar-refractivity contribution in [1.29, 1.82) is 0 Å². The van der Waals surface area contributed by atoms with Crippen LogP contribution >= 0.6 is 0 Å². The first-order valence-corrected chi connectivity index (χ1v) is 7.98. The standard InChI is InChI=1S/C15H23N3O3/c1-2-7-18-8-9-20-13(10-18)14-16-15(21-17-14)11-5-3-4-6-12(11)19/h11,13H,2-10H2,1H3. The van der Waals surface area contributed by atoms with Crippen LogP contribution in [0.5, 0.6) is 0 Å². The van der Waals surface area contributed by atoms with E-state index >= 15 is 0 Å². The van der Waals surface area contributed by atoms with Gasteiger partial charge in [-0.15, -0.1) is 0 Å². The quantitative estimate of drug-likeness (QED) is 0.846. The molecule has 1 aliphatic carbocycles. The van der Waals surface area contributed by atoms with Crippen molar-refractivity contribution in [1.82, 2.24) is 15.0 Å². The fourth-order valence-corrected chi connectivity index (χ4v) is 3.14. The van der Waals surface area contributed by atoms with Gasteiger partial charge in [-0.2, -0.15) is 4.98 Å². The van der Waals surface area contributed by atoms with Crippen LogP contribution in [0.25, 0.3) is 0 Å². The highest BCUT2D eigenvalue weighted by molar-refractivity contribution is 5.85. The van der Waals surface area contributed by atoms with Crippen LogP contribution in [0.15, 0.2) is 4.52 Å². The van der Waals surface area contributed by atoms with Crippen LogP contribution in [0, 0.1) is 0 Å². The van der Waals surface area contributed by atoms with Crippen molar-refractivity contribution in [2.45, 2.75) is 51.0 Å². The fraction of sp³-hybridized carbons (Fsp3) is 0.800. The Bertz CT molecular complexity index is 486. The molecule has 6 nitrogen and oxygen atoms in total. The SMILES string of the molecule is CCCN1CCOC(c2noc(C3CCCCC3=O)n2)C1. The molecule has 1 saturated carbocycles. The molecule has 6 heteroatoms. The van der Waals surface area contributed by atoms with Crippen molar-refractivity contribution in [3.8, 4) is 0 Å². The van der Waals surface area contributed by atoms with Crippen molar-refractivity contribution in [3.05, 3.63) is 11.7 Å². The summed E-state index contributed by atoms with van der Waals surface area (Å²) in [4.78, 5) is 18.8. The van der Waals surface area contributed by atoms with Gasteiger partial charge in [0.25, 0.3) is 0 Å². The Morgan fingerprint density at radius 2 is 2.29 bits per heavy atom. The van der Waals surface area contributed by atoms with Gasteiger partial charge in [0.05, 0.1) is 12.5 Å². The van der Waals surface area contributed by atoms with E-state index in [0.29, 0.717) is 24.7 Å². The van der Waals surface area contributed by atoms with Crippen molar-refractivity contribution < 1.29 is 14.1 Å². The van der Waals surface area contributed by atoms with E-state index in [0.717, 1.165) is 45.3 Å². The molecule has 2 fully saturated rings. The summed E-state index contributed by atoms with van der Waals surface area (Å²) >= 11 is 0. The monoisotopic (exact) mass is 293 g/mol. The molecular weight excluding hydrogens is 270 g/mol. The van der Waals surface area contributed by atoms with E-state index in [2.05, 4.69) is 22.0 Å². The third-order valence-corrected chi connectivity index (χ3v) is 4.29. The number of rotatable bonds is 4. The molecule has 21 heavy (non-hydrogen) atoms. The van der Waals surface area contributed by atoms with Gasteiger partial charge in [-0.25, -0.2) is 0 Å². The van der Waals surface area contributed by atoms with E-state index in [4.69, 9.17) is 9.26 Å². The van der Waals surface area contributed by atoms with Crippen LogP contribution in [-0.2, 0) is 9.53 Å². The number of Topliss-reactive ketones (excluding diaryl/α,β-unsaturated/α-hetero) is 1. The molecule has 2 heterocycles. The molecule has 1 aromatic rings. The van der Waals surface area contributed by atoms with Crippen LogP contribution in [-0.4, -0.2) is 47.1 Å². The van der Waals surface area contributed by atoms with Gasteiger partial charge in [0.1, 0.15) is 11.9 Å². The zero-order valence-corrected chi connectivity index (χ0v) is 12.6. The molecule has 1 aromatic heterocycles. The molecule has 1 aliphatic heterocycles. The first-order valence-electron chi connectivity index (χ1n) is 7.98. The number of hydrogen-bond donors (Lipinski definition) is 0. The Morgan fingerprint density at radius 3 is 3.10 bits per heavy atom. The van der Waals surface area contributed by atoms with Crippen LogP contribution in [0.3, 0.4) is 0 Å². The number of hydrogen-bond acceptors (Lipinski definition) is 6. The van der Waals surface area contributed by atoms with Crippen molar-refractivity contribution in [3.63, 3.8) is 0 Å². The molecule has 0 aromatic carbocycles. The highest BCUT2D eigenvalue weighted by atomic mass is 16.5. The smallest absolute Gasteiger partial charge is 0.237 e. The second kappa shape index (κ2) is 6.66. The lowest BCUT2D eigenvalue weighted by molar-refractivity contribution is -0.122. The molecular formula is C15H23N3O3. The van der Waals surface area contributed by atoms with Crippen LogP contribution in [0.4, 0.5) is 0 Å². The van der Waals surface area contributed by atoms with Crippen molar-refractivity contribution >= 4 is 5.78 Å². The minimum atomic E-state index is -0.199. The van der Waals surface area contributed by atoms with Crippen LogP contribution in [0.1, 0.15) is 62.8 Å². The molecule has 116 valence electrons. The second-order valence-corrected chi connectivity index (χ2v) is 5.92. The second-order valence-electron chi connectivity index (χ2n) is 5.92. The number of morpholine rings is 1. The summed E-state index contributed by atoms with van der Waals surface area (Å²) in [5, 5.41) is 4.05. The van der Waals surface area contributed by atoms with Gasteiger partial charge in [-0.05, 0) is 25.8 Å². The van der Waals surface area contributed by atoms with Gasteiger partial charge in [0, 0.05) is 19.5 Å². The highest BCUT2D eigenvalue weighted by Gasteiger charge is 2.31. The molecule has 1 saturated heterocycles. The molecule has 3 rings (SSSR count). The number of ketones is 1. The average Bonchev–Trinajstić information content (AvgIpc) is 2.98. The summed E-state index contributed by atoms with van der Waals surface area (Å²) in [6, 6.07) is 0. The minimum Gasteiger partial charge on any atom is -0.367 e. The topological polar surface area (TPSA) is 68.5 Å². The predicted octanol–water partition coefficient (Wildman–Crippen LogP) is 2.08. The molecule has 0 bridgehead atoms. The minimum absolute atomic E-state index is 0.138. The average molecular weight is 293 g/mol. The van der Waals surface area contributed by atoms with Gasteiger partial charge in [0.2, 0.25) is 11.7 Å². The number of carbonyl (C=O) groups is 1. The maximum atomic E-state index is 12.0. The van der Waals surface area contributed by atoms with Gasteiger partial charge in [-0.3, -0.25) is 9.69 Å². The number of ether oxygens (including phenoxy) is 1. The Hall–Kier alpha value is -1.27. The van der Waals surface area contributed by atoms with Gasteiger partial charge < -0.3 is 9.26 Å². The Balaban J connectivity index is 1.68. The summed E-state index contributed by atoms with van der Waals surface area (Å²) < 4.78 is 11.1. The van der Waals surface area contributed by atoms with E-state index in [9.17, 15) is 4.79 Å². The highest BCUT2D eigenvalue weighted by Crippen LogP contribution is 2.30. The Kier molecular flexibility index (Phi) is 4.65. The van der Waals surface area contributed by atoms with E-state index in [1.807, 2.05) is 0 Å². The summed E-state index contributed by atoms with van der Waals surface area (Å²) in [5.41, 5.74) is 0. The van der Waals surface area contributed by atoms with Crippen LogP contribution in [0.2, 0.25) is 0 Å². The molecule has 2 aliphatic rings. The normalized spacial score (nSPS) is 28.0. The lowest BCUT2D eigenvalue weighted by Gasteiger charge is -2.30. The summed E-state index contributed by atoms with van der Waals surface area (Å²) in [6.07, 6.45) is 4.48. The maximum absolute atomic E-state index is 12.0. The van der Waals surface area contributed by atoms with E-state index in [1.54, 1.807) is 0 Å². The largest absolute Gasteiger partial charge is 0.367 e. The zero-order chi connectivity index (χ0) is 14.7. The first-order chi connectivity index (χ1) is 10.3. The summed E-state index contributed by atoms with van der Waals surface area (Å²) in [5.74, 6) is 1.10. The maximum Gasteiger partial charge on any atom is 0.237 e. The molecule has 0 amide bonds. The Labute approximate surface area is 124 Å². The zero-order valence-electron chi connectivity index (χ0n) is 12.6. The van der Waals surface area contributed by atoms with Crippen molar-refractivity contribution in [2.75, 3.05) is 26.2 Å². The number of carbonyl (C=O) groups excluding carboxylic acids is 1. The third-order valence-electron chi connectivity index (χ3n) is 4.29. The van der Waals surface area contributed by atoms with Gasteiger partial charge in [0.15, 0.2) is 0 Å². The molecule has 2 atom stereocenters. The molecule has 0 N–H and O–H groups in total. The van der Waals surface area contributed by atoms with E-state index in [-0.39, 0.29) is 17.8 Å². The predicted molar refractivity (Wildman–Crippen MR) is 75.9 cm³/mol. The van der Waals surface area contributed by atoms with Gasteiger partial charge in [-0.1, -0.05) is 18.5 Å². The Morgan fingerprint density at radius 1 is 1.38 bits per heavy atom. The van der Waals surface area contributed by atoms with Crippen molar-refractivity contribution in [2.24, 2.45) is 0 Å². The van der Waals surface area contributed by atoms with E-state index < -0.39 is 0 Å².